The van der Waals surface area contributed by atoms with E-state index < -0.39 is 0 Å². The summed E-state index contributed by atoms with van der Waals surface area (Å²) in [6, 6.07) is 5.85. The van der Waals surface area contributed by atoms with Gasteiger partial charge in [-0.25, -0.2) is 0 Å². The molecule has 0 aromatic carbocycles. The molecule has 5 nitrogen and oxygen atoms in total. The Bertz CT molecular complexity index is 457. The van der Waals surface area contributed by atoms with Crippen LogP contribution < -0.4 is 5.32 Å². The number of carbonyl (C=O) groups is 1. The van der Waals surface area contributed by atoms with Crippen LogP contribution in [0.5, 0.6) is 0 Å². The number of rotatable bonds is 4. The van der Waals surface area contributed by atoms with Gasteiger partial charge in [-0.05, 0) is 26.0 Å². The first-order chi connectivity index (χ1) is 9.58. The summed E-state index contributed by atoms with van der Waals surface area (Å²) in [6.45, 7) is 8.31. The monoisotopic (exact) mass is 276 g/mol. The van der Waals surface area contributed by atoms with Crippen LogP contribution in [-0.2, 0) is 11.3 Å². The van der Waals surface area contributed by atoms with Crippen molar-refractivity contribution in [1.29, 1.82) is 0 Å². The zero-order valence-electron chi connectivity index (χ0n) is 12.6. The summed E-state index contributed by atoms with van der Waals surface area (Å²) in [6.07, 6.45) is 0. The number of hydrogen-bond acceptors (Lipinski definition) is 4. The van der Waals surface area contributed by atoms with E-state index in [9.17, 15) is 4.79 Å². The number of piperazine rings is 1. The summed E-state index contributed by atoms with van der Waals surface area (Å²) in [5.41, 5.74) is 1.92. The molecular formula is C15H24N4O. The SMILES string of the molecule is Cc1cccc(CN(C)C(=O)C(C)N2CCNCC2)n1. The lowest BCUT2D eigenvalue weighted by Gasteiger charge is -2.33. The molecule has 1 fully saturated rings. The van der Waals surface area contributed by atoms with Gasteiger partial charge in [0, 0.05) is 38.9 Å². The highest BCUT2D eigenvalue weighted by atomic mass is 16.2. The fourth-order valence-corrected chi connectivity index (χ4v) is 2.55. The van der Waals surface area contributed by atoms with Crippen LogP contribution in [0.25, 0.3) is 0 Å². The van der Waals surface area contributed by atoms with Gasteiger partial charge in [-0.15, -0.1) is 0 Å². The molecule has 0 aliphatic carbocycles. The van der Waals surface area contributed by atoms with Crippen molar-refractivity contribution in [3.8, 4) is 0 Å². The van der Waals surface area contributed by atoms with Gasteiger partial charge >= 0.3 is 0 Å². The summed E-state index contributed by atoms with van der Waals surface area (Å²) >= 11 is 0. The van der Waals surface area contributed by atoms with Crippen LogP contribution in [-0.4, -0.2) is 60.0 Å². The van der Waals surface area contributed by atoms with Crippen LogP contribution in [0.1, 0.15) is 18.3 Å². The predicted octanol–water partition coefficient (Wildman–Crippen LogP) is 0.642. The van der Waals surface area contributed by atoms with Gasteiger partial charge in [0.25, 0.3) is 0 Å². The van der Waals surface area contributed by atoms with Crippen molar-refractivity contribution in [2.75, 3.05) is 33.2 Å². The molecule has 110 valence electrons. The van der Waals surface area contributed by atoms with Gasteiger partial charge < -0.3 is 10.2 Å². The number of aryl methyl sites for hydroxylation is 1. The molecule has 1 N–H and O–H groups in total. The zero-order chi connectivity index (χ0) is 14.5. The first-order valence-corrected chi connectivity index (χ1v) is 7.20. The minimum atomic E-state index is -0.0630. The van der Waals surface area contributed by atoms with E-state index in [0.717, 1.165) is 37.6 Å². The quantitative estimate of drug-likeness (QED) is 0.877. The lowest BCUT2D eigenvalue weighted by atomic mass is 10.2. The van der Waals surface area contributed by atoms with Crippen molar-refractivity contribution in [3.05, 3.63) is 29.6 Å². The molecule has 5 heteroatoms. The lowest BCUT2D eigenvalue weighted by molar-refractivity contribution is -0.135. The second-order valence-electron chi connectivity index (χ2n) is 5.43. The number of hydrogen-bond donors (Lipinski definition) is 1. The molecule has 1 aliphatic heterocycles. The summed E-state index contributed by atoms with van der Waals surface area (Å²) in [5.74, 6) is 0.162. The van der Waals surface area contributed by atoms with Crippen molar-refractivity contribution >= 4 is 5.91 Å². The van der Waals surface area contributed by atoms with E-state index in [2.05, 4.69) is 15.2 Å². The fraction of sp³-hybridized carbons (Fsp3) is 0.600. The molecule has 0 bridgehead atoms. The molecule has 2 heterocycles. The van der Waals surface area contributed by atoms with Crippen LogP contribution in [0, 0.1) is 6.92 Å². The number of nitrogens with zero attached hydrogens (tertiary/aromatic N) is 3. The van der Waals surface area contributed by atoms with Crippen LogP contribution in [0.3, 0.4) is 0 Å². The molecule has 20 heavy (non-hydrogen) atoms. The first kappa shape index (κ1) is 14.9. The summed E-state index contributed by atoms with van der Waals surface area (Å²) in [7, 11) is 1.85. The molecular weight excluding hydrogens is 252 g/mol. The van der Waals surface area contributed by atoms with E-state index in [1.54, 1.807) is 4.90 Å². The molecule has 0 radical (unpaired) electrons. The number of nitrogens with one attached hydrogen (secondary N) is 1. The Morgan fingerprint density at radius 3 is 2.80 bits per heavy atom. The Morgan fingerprint density at radius 2 is 2.15 bits per heavy atom. The second kappa shape index (κ2) is 6.81. The maximum absolute atomic E-state index is 12.5. The van der Waals surface area contributed by atoms with Gasteiger partial charge in [0.15, 0.2) is 0 Å². The van der Waals surface area contributed by atoms with E-state index in [1.165, 1.54) is 0 Å². The van der Waals surface area contributed by atoms with Gasteiger partial charge in [-0.1, -0.05) is 6.07 Å². The van der Waals surface area contributed by atoms with E-state index in [-0.39, 0.29) is 11.9 Å². The maximum atomic E-state index is 12.5. The molecule has 2 rings (SSSR count). The van der Waals surface area contributed by atoms with E-state index in [0.29, 0.717) is 6.54 Å². The summed E-state index contributed by atoms with van der Waals surface area (Å²) in [5, 5.41) is 3.31. The zero-order valence-corrected chi connectivity index (χ0v) is 12.6. The lowest BCUT2D eigenvalue weighted by Crippen LogP contribution is -2.52. The minimum absolute atomic E-state index is 0.0630. The first-order valence-electron chi connectivity index (χ1n) is 7.20. The van der Waals surface area contributed by atoms with Gasteiger partial charge in [-0.3, -0.25) is 14.7 Å². The Hall–Kier alpha value is -1.46. The molecule has 1 unspecified atom stereocenters. The molecule has 1 aromatic heterocycles. The van der Waals surface area contributed by atoms with Crippen molar-refractivity contribution < 1.29 is 4.79 Å². The topological polar surface area (TPSA) is 48.5 Å². The highest BCUT2D eigenvalue weighted by molar-refractivity contribution is 5.81. The normalized spacial score (nSPS) is 17.8. The number of aromatic nitrogens is 1. The Labute approximate surface area is 121 Å². The Morgan fingerprint density at radius 1 is 1.45 bits per heavy atom. The molecule has 0 spiro atoms. The van der Waals surface area contributed by atoms with Crippen molar-refractivity contribution in [1.82, 2.24) is 20.1 Å². The summed E-state index contributed by atoms with van der Waals surface area (Å²) in [4.78, 5) is 20.9. The highest BCUT2D eigenvalue weighted by Crippen LogP contribution is 2.08. The molecule has 1 saturated heterocycles. The van der Waals surface area contributed by atoms with Crippen LogP contribution in [0.15, 0.2) is 18.2 Å². The Balaban J connectivity index is 1.93. The number of pyridine rings is 1. The van der Waals surface area contributed by atoms with Crippen molar-refractivity contribution in [3.63, 3.8) is 0 Å². The standard InChI is InChI=1S/C15H24N4O/c1-12-5-4-6-14(17-12)11-18(3)15(20)13(2)19-9-7-16-8-10-19/h4-6,13,16H,7-11H2,1-3H3. The van der Waals surface area contributed by atoms with Crippen LogP contribution >= 0.6 is 0 Å². The van der Waals surface area contributed by atoms with Crippen LogP contribution in [0.2, 0.25) is 0 Å². The largest absolute Gasteiger partial charge is 0.339 e. The van der Waals surface area contributed by atoms with Gasteiger partial charge in [0.05, 0.1) is 18.3 Å². The fourth-order valence-electron chi connectivity index (χ4n) is 2.55. The third-order valence-electron chi connectivity index (χ3n) is 3.78. The van der Waals surface area contributed by atoms with Crippen molar-refractivity contribution in [2.24, 2.45) is 0 Å². The molecule has 1 atom stereocenters. The number of carbonyl (C=O) groups excluding carboxylic acids is 1. The smallest absolute Gasteiger partial charge is 0.239 e. The van der Waals surface area contributed by atoms with Gasteiger partial charge in [0.1, 0.15) is 0 Å². The minimum Gasteiger partial charge on any atom is -0.339 e. The predicted molar refractivity (Wildman–Crippen MR) is 79.4 cm³/mol. The third kappa shape index (κ3) is 3.77. The maximum Gasteiger partial charge on any atom is 0.239 e. The molecule has 1 aliphatic rings. The highest BCUT2D eigenvalue weighted by Gasteiger charge is 2.25. The van der Waals surface area contributed by atoms with E-state index in [4.69, 9.17) is 0 Å². The van der Waals surface area contributed by atoms with Gasteiger partial charge in [-0.2, -0.15) is 0 Å². The van der Waals surface area contributed by atoms with E-state index in [1.807, 2.05) is 39.1 Å². The summed E-state index contributed by atoms with van der Waals surface area (Å²) < 4.78 is 0. The van der Waals surface area contributed by atoms with Crippen molar-refractivity contribution in [2.45, 2.75) is 26.4 Å². The van der Waals surface area contributed by atoms with Crippen LogP contribution in [0.4, 0.5) is 0 Å². The molecule has 0 saturated carbocycles. The molecule has 1 amide bonds. The van der Waals surface area contributed by atoms with E-state index >= 15 is 0 Å². The average Bonchev–Trinajstić information content (AvgIpc) is 2.46. The molecule has 1 aromatic rings. The average molecular weight is 276 g/mol. The second-order valence-corrected chi connectivity index (χ2v) is 5.43. The van der Waals surface area contributed by atoms with Gasteiger partial charge in [0.2, 0.25) is 5.91 Å². The number of likely N-dealkylation sites (N-methyl/N-ethyl adjacent to an activating group) is 1. The number of amides is 1. The third-order valence-corrected chi connectivity index (χ3v) is 3.78. The Kier molecular flexibility index (Phi) is 5.09.